The maximum absolute atomic E-state index is 3.84. The molecule has 0 bridgehead atoms. The summed E-state index contributed by atoms with van der Waals surface area (Å²) in [6.45, 7) is 8.27. The van der Waals surface area contributed by atoms with E-state index in [1.54, 1.807) is 0 Å². The molecule has 9 heavy (non-hydrogen) atoms. The van der Waals surface area contributed by atoms with E-state index in [-0.39, 0.29) is 0 Å². The first kappa shape index (κ1) is 9.48. The van der Waals surface area contributed by atoms with Crippen molar-refractivity contribution < 1.29 is 0 Å². The van der Waals surface area contributed by atoms with Crippen molar-refractivity contribution in [2.24, 2.45) is 0 Å². The zero-order chi connectivity index (χ0) is 7.33. The van der Waals surface area contributed by atoms with Gasteiger partial charge in [-0.3, -0.25) is 0 Å². The molecule has 0 aliphatic heterocycles. The van der Waals surface area contributed by atoms with Gasteiger partial charge in [0, 0.05) is 4.32 Å². The summed E-state index contributed by atoms with van der Waals surface area (Å²) in [6.07, 6.45) is 4.64. The lowest BCUT2D eigenvalue weighted by Gasteiger charge is -2.22. The van der Waals surface area contributed by atoms with Crippen LogP contribution in [0.4, 0.5) is 0 Å². The Kier molecular flexibility index (Phi) is 4.55. The molecule has 0 heterocycles. The van der Waals surface area contributed by atoms with Crippen LogP contribution in [0, 0.1) is 6.92 Å². The third-order valence-corrected chi connectivity index (χ3v) is 3.41. The Labute approximate surface area is 67.2 Å². The number of rotatable bonds is 4. The largest absolute Gasteiger partial charge is 0.0854 e. The normalized spacial score (nSPS) is 12.0. The van der Waals surface area contributed by atoms with Gasteiger partial charge < -0.3 is 0 Å². The average Bonchev–Trinajstić information content (AvgIpc) is 1.89. The summed E-state index contributed by atoms with van der Waals surface area (Å²) >= 11 is 3.70. The third-order valence-electron chi connectivity index (χ3n) is 1.89. The summed E-state index contributed by atoms with van der Waals surface area (Å²) < 4.78 is 0.384. The maximum atomic E-state index is 3.84. The van der Waals surface area contributed by atoms with Crippen LogP contribution >= 0.6 is 15.9 Å². The lowest BCUT2D eigenvalue weighted by molar-refractivity contribution is 0.523. The van der Waals surface area contributed by atoms with Gasteiger partial charge in [0.2, 0.25) is 0 Å². The van der Waals surface area contributed by atoms with Gasteiger partial charge in [0.1, 0.15) is 0 Å². The molecule has 55 valence electrons. The minimum atomic E-state index is 0.384. The molecule has 0 fully saturated rings. The van der Waals surface area contributed by atoms with Crippen LogP contribution in [-0.2, 0) is 0 Å². The second-order valence-electron chi connectivity index (χ2n) is 2.46. The molecule has 0 spiro atoms. The first-order chi connectivity index (χ1) is 4.18. The van der Waals surface area contributed by atoms with E-state index in [1.807, 2.05) is 0 Å². The number of hydrogen-bond donors (Lipinski definition) is 0. The molecule has 0 atom stereocenters. The van der Waals surface area contributed by atoms with Crippen molar-refractivity contribution in [1.29, 1.82) is 0 Å². The highest BCUT2D eigenvalue weighted by Gasteiger charge is 2.19. The van der Waals surface area contributed by atoms with Crippen LogP contribution in [-0.4, -0.2) is 4.32 Å². The van der Waals surface area contributed by atoms with E-state index in [4.69, 9.17) is 0 Å². The molecule has 0 aliphatic carbocycles. The van der Waals surface area contributed by atoms with Crippen molar-refractivity contribution >= 4 is 15.9 Å². The van der Waals surface area contributed by atoms with Crippen LogP contribution in [0.3, 0.4) is 0 Å². The third kappa shape index (κ3) is 3.24. The van der Waals surface area contributed by atoms with Crippen LogP contribution in [0.15, 0.2) is 0 Å². The van der Waals surface area contributed by atoms with E-state index < -0.39 is 0 Å². The summed E-state index contributed by atoms with van der Waals surface area (Å²) in [6, 6.07) is 0. The van der Waals surface area contributed by atoms with Crippen LogP contribution in [0.1, 0.15) is 39.5 Å². The Bertz CT molecular complexity index is 65.0. The Morgan fingerprint density at radius 2 is 1.78 bits per heavy atom. The fourth-order valence-electron chi connectivity index (χ4n) is 0.920. The molecule has 0 N–H and O–H groups in total. The highest BCUT2D eigenvalue weighted by atomic mass is 79.9. The van der Waals surface area contributed by atoms with Gasteiger partial charge in [-0.1, -0.05) is 43.1 Å². The predicted octanol–water partition coefficient (Wildman–Crippen LogP) is 3.55. The smallest absolute Gasteiger partial charge is 0.0252 e. The van der Waals surface area contributed by atoms with E-state index >= 15 is 0 Å². The van der Waals surface area contributed by atoms with Gasteiger partial charge in [0.15, 0.2) is 0 Å². The quantitative estimate of drug-likeness (QED) is 0.597. The maximum Gasteiger partial charge on any atom is 0.0252 e. The van der Waals surface area contributed by atoms with Crippen LogP contribution in [0.5, 0.6) is 0 Å². The van der Waals surface area contributed by atoms with Crippen molar-refractivity contribution in [3.05, 3.63) is 6.92 Å². The molecule has 0 rings (SSSR count). The minimum absolute atomic E-state index is 0.384. The fraction of sp³-hybridized carbons (Fsp3) is 0.875. The predicted molar refractivity (Wildman–Crippen MR) is 46.8 cm³/mol. The summed E-state index contributed by atoms with van der Waals surface area (Å²) in [7, 11) is 0. The van der Waals surface area contributed by atoms with Crippen molar-refractivity contribution in [2.75, 3.05) is 0 Å². The van der Waals surface area contributed by atoms with E-state index in [0.717, 1.165) is 6.42 Å². The Morgan fingerprint density at radius 3 is 1.89 bits per heavy atom. The van der Waals surface area contributed by atoms with Crippen molar-refractivity contribution in [2.45, 2.75) is 43.9 Å². The van der Waals surface area contributed by atoms with Crippen LogP contribution in [0.2, 0.25) is 0 Å². The lowest BCUT2D eigenvalue weighted by Crippen LogP contribution is -2.16. The van der Waals surface area contributed by atoms with Crippen LogP contribution in [0.25, 0.3) is 0 Å². The molecule has 0 unspecified atom stereocenters. The fourth-order valence-corrected chi connectivity index (χ4v) is 1.20. The SMILES string of the molecule is [CH2]CCC(Br)(CC)CC. The Balaban J connectivity index is 3.62. The highest BCUT2D eigenvalue weighted by molar-refractivity contribution is 9.10. The zero-order valence-corrected chi connectivity index (χ0v) is 8.00. The molecule has 0 amide bonds. The van der Waals surface area contributed by atoms with E-state index in [2.05, 4.69) is 36.7 Å². The second-order valence-corrected chi connectivity index (χ2v) is 4.14. The molecule has 0 saturated carbocycles. The Hall–Kier alpha value is 0.480. The summed E-state index contributed by atoms with van der Waals surface area (Å²) in [5.74, 6) is 0. The molecule has 0 nitrogen and oxygen atoms in total. The van der Waals surface area contributed by atoms with Gasteiger partial charge >= 0.3 is 0 Å². The molecule has 1 heteroatoms. The lowest BCUT2D eigenvalue weighted by atomic mass is 9.98. The minimum Gasteiger partial charge on any atom is -0.0854 e. The van der Waals surface area contributed by atoms with Crippen molar-refractivity contribution in [1.82, 2.24) is 0 Å². The summed E-state index contributed by atoms with van der Waals surface area (Å²) in [4.78, 5) is 0. The summed E-state index contributed by atoms with van der Waals surface area (Å²) in [5.41, 5.74) is 0. The molecule has 0 aromatic heterocycles. The number of alkyl halides is 1. The molecule has 0 saturated heterocycles. The van der Waals surface area contributed by atoms with Crippen molar-refractivity contribution in [3.8, 4) is 0 Å². The molecule has 1 radical (unpaired) electrons. The highest BCUT2D eigenvalue weighted by Crippen LogP contribution is 2.30. The van der Waals surface area contributed by atoms with Gasteiger partial charge in [-0.15, -0.1) is 0 Å². The van der Waals surface area contributed by atoms with Gasteiger partial charge in [0.25, 0.3) is 0 Å². The van der Waals surface area contributed by atoms with E-state index in [0.29, 0.717) is 4.32 Å². The van der Waals surface area contributed by atoms with Gasteiger partial charge in [-0.25, -0.2) is 0 Å². The van der Waals surface area contributed by atoms with Crippen molar-refractivity contribution in [3.63, 3.8) is 0 Å². The zero-order valence-electron chi connectivity index (χ0n) is 6.41. The second kappa shape index (κ2) is 4.32. The number of halogens is 1. The molecule has 0 aliphatic rings. The standard InChI is InChI=1S/C8H16Br/c1-4-7-8(9,5-2)6-3/h1,4-7H2,2-3H3. The van der Waals surface area contributed by atoms with Crippen LogP contribution < -0.4 is 0 Å². The van der Waals surface area contributed by atoms with E-state index in [9.17, 15) is 0 Å². The summed E-state index contributed by atoms with van der Waals surface area (Å²) in [5, 5.41) is 0. The average molecular weight is 192 g/mol. The topological polar surface area (TPSA) is 0 Å². The van der Waals surface area contributed by atoms with E-state index in [1.165, 1.54) is 19.3 Å². The number of hydrogen-bond acceptors (Lipinski definition) is 0. The Morgan fingerprint density at radius 1 is 1.33 bits per heavy atom. The first-order valence-corrected chi connectivity index (χ1v) is 4.46. The molecular formula is C8H16Br. The molecule has 0 aromatic carbocycles. The monoisotopic (exact) mass is 191 g/mol. The van der Waals surface area contributed by atoms with Gasteiger partial charge in [-0.05, 0) is 19.3 Å². The molecule has 0 aromatic rings. The first-order valence-electron chi connectivity index (χ1n) is 3.66. The van der Waals surface area contributed by atoms with Gasteiger partial charge in [0.05, 0.1) is 0 Å². The molecular weight excluding hydrogens is 176 g/mol. The van der Waals surface area contributed by atoms with Gasteiger partial charge in [-0.2, -0.15) is 0 Å².